The van der Waals surface area contributed by atoms with Gasteiger partial charge in [-0.15, -0.1) is 0 Å². The van der Waals surface area contributed by atoms with Gasteiger partial charge in [-0.2, -0.15) is 26.3 Å². The lowest BCUT2D eigenvalue weighted by atomic mass is 10.0. The molecule has 2 nitrogen and oxygen atoms in total. The van der Waals surface area contributed by atoms with Gasteiger partial charge in [-0.25, -0.2) is 0 Å². The molecule has 2 aromatic carbocycles. The molecule has 0 heterocycles. The Kier molecular flexibility index (Phi) is 4.83. The van der Waals surface area contributed by atoms with E-state index in [1.165, 1.54) is 6.07 Å². The number of alkyl halides is 6. The third kappa shape index (κ3) is 4.32. The molecule has 0 spiro atoms. The summed E-state index contributed by atoms with van der Waals surface area (Å²) >= 11 is 0. The first kappa shape index (κ1) is 18.8. The highest BCUT2D eigenvalue weighted by atomic mass is 19.4. The Labute approximate surface area is 139 Å². The summed E-state index contributed by atoms with van der Waals surface area (Å²) < 4.78 is 77.0. The van der Waals surface area contributed by atoms with E-state index < -0.39 is 35.1 Å². The Morgan fingerprint density at radius 3 is 1.88 bits per heavy atom. The van der Waals surface area contributed by atoms with Crippen molar-refractivity contribution in [2.75, 3.05) is 5.32 Å². The first-order valence-corrected chi connectivity index (χ1v) is 7.06. The van der Waals surface area contributed by atoms with Crippen LogP contribution in [0.5, 0.6) is 0 Å². The third-order valence-electron chi connectivity index (χ3n) is 3.69. The SMILES string of the molecule is Cc1cccc(C(=O)Nc2cc(C(F)(F)F)cc(C(F)(F)F)c2)c1C. The van der Waals surface area contributed by atoms with E-state index in [-0.39, 0.29) is 11.6 Å². The molecule has 0 radical (unpaired) electrons. The average molecular weight is 361 g/mol. The van der Waals surface area contributed by atoms with Crippen molar-refractivity contribution < 1.29 is 31.1 Å². The zero-order valence-corrected chi connectivity index (χ0v) is 13.1. The highest BCUT2D eigenvalue weighted by Gasteiger charge is 2.37. The predicted octanol–water partition coefficient (Wildman–Crippen LogP) is 5.59. The monoisotopic (exact) mass is 361 g/mol. The Morgan fingerprint density at radius 2 is 1.40 bits per heavy atom. The lowest BCUT2D eigenvalue weighted by molar-refractivity contribution is -0.143. The number of nitrogens with one attached hydrogen (secondary N) is 1. The summed E-state index contributed by atoms with van der Waals surface area (Å²) in [5.74, 6) is -0.784. The molecule has 0 saturated carbocycles. The second-order valence-corrected chi connectivity index (χ2v) is 5.50. The van der Waals surface area contributed by atoms with Gasteiger partial charge in [0.15, 0.2) is 0 Å². The van der Waals surface area contributed by atoms with Gasteiger partial charge in [0, 0.05) is 11.3 Å². The molecule has 0 aromatic heterocycles. The fourth-order valence-corrected chi connectivity index (χ4v) is 2.22. The van der Waals surface area contributed by atoms with Crippen LogP contribution in [-0.2, 0) is 12.4 Å². The van der Waals surface area contributed by atoms with Crippen LogP contribution in [0.25, 0.3) is 0 Å². The third-order valence-corrected chi connectivity index (χ3v) is 3.69. The number of hydrogen-bond donors (Lipinski definition) is 1. The van der Waals surface area contributed by atoms with E-state index in [1.807, 2.05) is 0 Å². The Bertz CT molecular complexity index is 776. The van der Waals surface area contributed by atoms with Crippen molar-refractivity contribution in [3.8, 4) is 0 Å². The second-order valence-electron chi connectivity index (χ2n) is 5.50. The molecule has 0 aliphatic carbocycles. The van der Waals surface area contributed by atoms with Crippen LogP contribution < -0.4 is 5.32 Å². The summed E-state index contributed by atoms with van der Waals surface area (Å²) in [5.41, 5.74) is -2.02. The Balaban J connectivity index is 2.45. The average Bonchev–Trinajstić information content (AvgIpc) is 2.47. The normalized spacial score (nSPS) is 12.2. The number of anilines is 1. The zero-order chi connectivity index (χ0) is 19.0. The maximum Gasteiger partial charge on any atom is 0.416 e. The van der Waals surface area contributed by atoms with Gasteiger partial charge in [0.05, 0.1) is 11.1 Å². The van der Waals surface area contributed by atoms with Crippen molar-refractivity contribution in [1.29, 1.82) is 0 Å². The van der Waals surface area contributed by atoms with Gasteiger partial charge >= 0.3 is 12.4 Å². The van der Waals surface area contributed by atoms with Crippen LogP contribution in [0.2, 0.25) is 0 Å². The van der Waals surface area contributed by atoms with E-state index in [2.05, 4.69) is 5.32 Å². The van der Waals surface area contributed by atoms with E-state index in [9.17, 15) is 31.1 Å². The fraction of sp³-hybridized carbons (Fsp3) is 0.235. The molecular weight excluding hydrogens is 348 g/mol. The number of aryl methyl sites for hydroxylation is 1. The van der Waals surface area contributed by atoms with E-state index >= 15 is 0 Å². The zero-order valence-electron chi connectivity index (χ0n) is 13.1. The molecule has 134 valence electrons. The molecule has 8 heteroatoms. The summed E-state index contributed by atoms with van der Waals surface area (Å²) in [6.07, 6.45) is -9.94. The number of benzene rings is 2. The predicted molar refractivity (Wildman–Crippen MR) is 80.3 cm³/mol. The second kappa shape index (κ2) is 6.42. The van der Waals surface area contributed by atoms with Gasteiger partial charge in [-0.1, -0.05) is 12.1 Å². The van der Waals surface area contributed by atoms with Crippen LogP contribution in [0.4, 0.5) is 32.0 Å². The van der Waals surface area contributed by atoms with Gasteiger partial charge in [0.25, 0.3) is 5.91 Å². The molecule has 0 aliphatic heterocycles. The van der Waals surface area contributed by atoms with Crippen LogP contribution in [0.1, 0.15) is 32.6 Å². The van der Waals surface area contributed by atoms with Crippen molar-refractivity contribution in [2.24, 2.45) is 0 Å². The molecule has 0 saturated heterocycles. The lowest BCUT2D eigenvalue weighted by Gasteiger charge is -2.15. The van der Waals surface area contributed by atoms with Gasteiger partial charge < -0.3 is 5.32 Å². The standard InChI is InChI=1S/C17H13F6NO/c1-9-4-3-5-14(10(9)2)15(25)24-13-7-11(16(18,19)20)6-12(8-13)17(21,22)23/h3-8H,1-2H3,(H,24,25). The van der Waals surface area contributed by atoms with Gasteiger partial charge in [-0.05, 0) is 49.2 Å². The summed E-state index contributed by atoms with van der Waals surface area (Å²) in [5, 5.41) is 2.11. The van der Waals surface area contributed by atoms with E-state index in [0.717, 1.165) is 5.56 Å². The molecule has 1 N–H and O–H groups in total. The van der Waals surface area contributed by atoms with Crippen molar-refractivity contribution in [3.05, 3.63) is 64.2 Å². The van der Waals surface area contributed by atoms with Crippen molar-refractivity contribution >= 4 is 11.6 Å². The fourth-order valence-electron chi connectivity index (χ4n) is 2.22. The first-order valence-electron chi connectivity index (χ1n) is 7.06. The summed E-state index contributed by atoms with van der Waals surface area (Å²) in [6, 6.07) is 5.70. The van der Waals surface area contributed by atoms with Crippen molar-refractivity contribution in [1.82, 2.24) is 0 Å². The van der Waals surface area contributed by atoms with Crippen LogP contribution in [-0.4, -0.2) is 5.91 Å². The Morgan fingerprint density at radius 1 is 0.880 bits per heavy atom. The van der Waals surface area contributed by atoms with E-state index in [0.29, 0.717) is 17.7 Å². The number of carbonyl (C=O) groups excluding carboxylic acids is 1. The number of carbonyl (C=O) groups is 1. The topological polar surface area (TPSA) is 29.1 Å². The number of hydrogen-bond acceptors (Lipinski definition) is 1. The maximum absolute atomic E-state index is 12.8. The molecule has 0 fully saturated rings. The number of rotatable bonds is 2. The number of amides is 1. The minimum atomic E-state index is -4.97. The molecule has 0 atom stereocenters. The molecule has 0 unspecified atom stereocenters. The van der Waals surface area contributed by atoms with Crippen LogP contribution in [0.3, 0.4) is 0 Å². The van der Waals surface area contributed by atoms with Crippen LogP contribution >= 0.6 is 0 Å². The minimum Gasteiger partial charge on any atom is -0.322 e. The quantitative estimate of drug-likeness (QED) is 0.694. The first-order chi connectivity index (χ1) is 11.4. The largest absolute Gasteiger partial charge is 0.416 e. The van der Waals surface area contributed by atoms with E-state index in [1.54, 1.807) is 26.0 Å². The molecular formula is C17H13F6NO. The minimum absolute atomic E-state index is 0.00751. The molecule has 2 rings (SSSR count). The number of halogens is 6. The van der Waals surface area contributed by atoms with Gasteiger partial charge in [0.2, 0.25) is 0 Å². The van der Waals surface area contributed by atoms with E-state index in [4.69, 9.17) is 0 Å². The summed E-state index contributed by atoms with van der Waals surface area (Å²) in [7, 11) is 0. The van der Waals surface area contributed by atoms with Gasteiger partial charge in [0.1, 0.15) is 0 Å². The Hall–Kier alpha value is -2.51. The van der Waals surface area contributed by atoms with Gasteiger partial charge in [-0.3, -0.25) is 4.79 Å². The van der Waals surface area contributed by atoms with Crippen molar-refractivity contribution in [3.63, 3.8) is 0 Å². The molecule has 1 amide bonds. The molecule has 2 aromatic rings. The summed E-state index contributed by atoms with van der Waals surface area (Å²) in [6.45, 7) is 3.37. The maximum atomic E-state index is 12.8. The smallest absolute Gasteiger partial charge is 0.322 e. The summed E-state index contributed by atoms with van der Waals surface area (Å²) in [4.78, 5) is 12.2. The highest BCUT2D eigenvalue weighted by molar-refractivity contribution is 6.05. The van der Waals surface area contributed by atoms with Crippen molar-refractivity contribution in [2.45, 2.75) is 26.2 Å². The highest BCUT2D eigenvalue weighted by Crippen LogP contribution is 2.37. The lowest BCUT2D eigenvalue weighted by Crippen LogP contribution is -2.17. The molecule has 0 bridgehead atoms. The van der Waals surface area contributed by atoms with Crippen LogP contribution in [0.15, 0.2) is 36.4 Å². The van der Waals surface area contributed by atoms with Crippen LogP contribution in [0, 0.1) is 13.8 Å². The molecule has 25 heavy (non-hydrogen) atoms. The molecule has 0 aliphatic rings.